The molecular weight excluding hydrogens is 270 g/mol. The third-order valence-corrected chi connectivity index (χ3v) is 2.45. The minimum atomic E-state index is 0.619. The Bertz CT molecular complexity index is 286. The molecule has 0 spiro atoms. The van der Waals surface area contributed by atoms with E-state index in [1.54, 1.807) is 0 Å². The second kappa shape index (κ2) is 7.87. The molecule has 1 aromatic heterocycles. The van der Waals surface area contributed by atoms with Gasteiger partial charge in [-0.2, -0.15) is 0 Å². The standard InChI is InChI=1S/C12H20BrNO2/c1-10(2)9-15-7-3-6-14-8-11-4-5-12(13)16-11/h4-5,10,14H,3,6-9H2,1-2H3. The SMILES string of the molecule is CC(C)COCCCNCc1ccc(Br)o1. The molecule has 1 heterocycles. The van der Waals surface area contributed by atoms with Gasteiger partial charge in [-0.05, 0) is 46.9 Å². The maximum atomic E-state index is 5.48. The molecule has 1 rings (SSSR count). The molecule has 4 heteroatoms. The van der Waals surface area contributed by atoms with Gasteiger partial charge in [-0.15, -0.1) is 0 Å². The third-order valence-electron chi connectivity index (χ3n) is 2.02. The molecule has 0 radical (unpaired) electrons. The molecule has 0 atom stereocenters. The number of nitrogens with one attached hydrogen (secondary N) is 1. The lowest BCUT2D eigenvalue weighted by molar-refractivity contribution is 0.108. The smallest absolute Gasteiger partial charge is 0.169 e. The largest absolute Gasteiger partial charge is 0.453 e. The van der Waals surface area contributed by atoms with Crippen LogP contribution in [0.1, 0.15) is 26.0 Å². The molecule has 1 aromatic rings. The monoisotopic (exact) mass is 289 g/mol. The predicted molar refractivity (Wildman–Crippen MR) is 68.4 cm³/mol. The average Bonchev–Trinajstić information content (AvgIpc) is 2.62. The van der Waals surface area contributed by atoms with E-state index in [2.05, 4.69) is 35.1 Å². The summed E-state index contributed by atoms with van der Waals surface area (Å²) in [5.74, 6) is 1.57. The summed E-state index contributed by atoms with van der Waals surface area (Å²) in [7, 11) is 0. The van der Waals surface area contributed by atoms with E-state index >= 15 is 0 Å². The van der Waals surface area contributed by atoms with Crippen molar-refractivity contribution in [1.29, 1.82) is 0 Å². The average molecular weight is 290 g/mol. The zero-order valence-electron chi connectivity index (χ0n) is 9.96. The highest BCUT2D eigenvalue weighted by Crippen LogP contribution is 2.13. The van der Waals surface area contributed by atoms with E-state index in [4.69, 9.17) is 9.15 Å². The highest BCUT2D eigenvalue weighted by molar-refractivity contribution is 9.10. The molecule has 0 aromatic carbocycles. The second-order valence-electron chi connectivity index (χ2n) is 4.20. The highest BCUT2D eigenvalue weighted by atomic mass is 79.9. The van der Waals surface area contributed by atoms with Gasteiger partial charge < -0.3 is 14.5 Å². The first-order valence-electron chi connectivity index (χ1n) is 5.71. The minimum Gasteiger partial charge on any atom is -0.453 e. The summed E-state index contributed by atoms with van der Waals surface area (Å²) < 4.78 is 11.6. The Morgan fingerprint density at radius 1 is 1.44 bits per heavy atom. The van der Waals surface area contributed by atoms with Gasteiger partial charge in [0.15, 0.2) is 4.67 Å². The molecule has 0 fully saturated rings. The third kappa shape index (κ3) is 6.30. The molecule has 0 aliphatic rings. The van der Waals surface area contributed by atoms with Crippen LogP contribution in [0.3, 0.4) is 0 Å². The van der Waals surface area contributed by atoms with Gasteiger partial charge in [0.2, 0.25) is 0 Å². The van der Waals surface area contributed by atoms with Crippen molar-refractivity contribution in [3.63, 3.8) is 0 Å². The molecule has 0 saturated heterocycles. The van der Waals surface area contributed by atoms with Crippen LogP contribution in [0.5, 0.6) is 0 Å². The molecular formula is C12H20BrNO2. The lowest BCUT2D eigenvalue weighted by atomic mass is 10.2. The van der Waals surface area contributed by atoms with Crippen LogP contribution in [-0.4, -0.2) is 19.8 Å². The van der Waals surface area contributed by atoms with Crippen molar-refractivity contribution < 1.29 is 9.15 Å². The maximum absolute atomic E-state index is 5.48. The van der Waals surface area contributed by atoms with Crippen molar-refractivity contribution >= 4 is 15.9 Å². The molecule has 1 N–H and O–H groups in total. The zero-order chi connectivity index (χ0) is 11.8. The molecule has 0 aliphatic heterocycles. The molecule has 3 nitrogen and oxygen atoms in total. The maximum Gasteiger partial charge on any atom is 0.169 e. The summed E-state index contributed by atoms with van der Waals surface area (Å²) in [5.41, 5.74) is 0. The first-order chi connectivity index (χ1) is 7.68. The van der Waals surface area contributed by atoms with Crippen molar-refractivity contribution in [1.82, 2.24) is 5.32 Å². The van der Waals surface area contributed by atoms with Crippen LogP contribution in [0.25, 0.3) is 0 Å². The summed E-state index contributed by atoms with van der Waals surface area (Å²) in [4.78, 5) is 0. The van der Waals surface area contributed by atoms with E-state index in [0.29, 0.717) is 5.92 Å². The van der Waals surface area contributed by atoms with E-state index < -0.39 is 0 Å². The molecule has 0 amide bonds. The molecule has 0 saturated carbocycles. The number of hydrogen-bond acceptors (Lipinski definition) is 3. The van der Waals surface area contributed by atoms with Gasteiger partial charge in [-0.25, -0.2) is 0 Å². The van der Waals surface area contributed by atoms with E-state index in [1.165, 1.54) is 0 Å². The van der Waals surface area contributed by atoms with Gasteiger partial charge >= 0.3 is 0 Å². The zero-order valence-corrected chi connectivity index (χ0v) is 11.5. The van der Waals surface area contributed by atoms with Crippen LogP contribution in [-0.2, 0) is 11.3 Å². The Kier molecular flexibility index (Phi) is 6.76. The van der Waals surface area contributed by atoms with Crippen LogP contribution in [0, 0.1) is 5.92 Å². The fraction of sp³-hybridized carbons (Fsp3) is 0.667. The molecule has 0 aliphatic carbocycles. The summed E-state index contributed by atoms with van der Waals surface area (Å²) >= 11 is 3.27. The van der Waals surface area contributed by atoms with E-state index in [9.17, 15) is 0 Å². The van der Waals surface area contributed by atoms with Crippen LogP contribution < -0.4 is 5.32 Å². The number of halogens is 1. The number of hydrogen-bond donors (Lipinski definition) is 1. The minimum absolute atomic E-state index is 0.619. The van der Waals surface area contributed by atoms with Crippen molar-refractivity contribution in [2.45, 2.75) is 26.8 Å². The van der Waals surface area contributed by atoms with Crippen molar-refractivity contribution in [3.05, 3.63) is 22.6 Å². The van der Waals surface area contributed by atoms with Crippen molar-refractivity contribution in [2.75, 3.05) is 19.8 Å². The van der Waals surface area contributed by atoms with Gasteiger partial charge in [-0.1, -0.05) is 13.8 Å². The van der Waals surface area contributed by atoms with Gasteiger partial charge in [0.1, 0.15) is 5.76 Å². The topological polar surface area (TPSA) is 34.4 Å². The fourth-order valence-electron chi connectivity index (χ4n) is 1.28. The highest BCUT2D eigenvalue weighted by Gasteiger charge is 1.98. The Hall–Kier alpha value is -0.320. The number of rotatable bonds is 8. The van der Waals surface area contributed by atoms with Gasteiger partial charge in [0.05, 0.1) is 6.54 Å². The lowest BCUT2D eigenvalue weighted by Gasteiger charge is -2.06. The van der Waals surface area contributed by atoms with Gasteiger partial charge in [-0.3, -0.25) is 0 Å². The molecule has 92 valence electrons. The van der Waals surface area contributed by atoms with E-state index in [1.807, 2.05) is 12.1 Å². The number of ether oxygens (including phenoxy) is 1. The van der Waals surface area contributed by atoms with Gasteiger partial charge in [0, 0.05) is 13.2 Å². The Morgan fingerprint density at radius 2 is 2.25 bits per heavy atom. The molecule has 16 heavy (non-hydrogen) atoms. The van der Waals surface area contributed by atoms with Gasteiger partial charge in [0.25, 0.3) is 0 Å². The van der Waals surface area contributed by atoms with Crippen LogP contribution in [0.4, 0.5) is 0 Å². The van der Waals surface area contributed by atoms with Crippen LogP contribution in [0.15, 0.2) is 21.2 Å². The summed E-state index contributed by atoms with van der Waals surface area (Å²) in [6, 6.07) is 3.87. The normalized spacial score (nSPS) is 11.2. The second-order valence-corrected chi connectivity index (χ2v) is 4.99. The first-order valence-corrected chi connectivity index (χ1v) is 6.50. The Labute approximate surface area is 106 Å². The Balaban J connectivity index is 1.92. The summed E-state index contributed by atoms with van der Waals surface area (Å²) in [6.07, 6.45) is 1.04. The quantitative estimate of drug-likeness (QED) is 0.747. The molecule has 0 unspecified atom stereocenters. The summed E-state index contributed by atoms with van der Waals surface area (Å²) in [5, 5.41) is 3.31. The van der Waals surface area contributed by atoms with E-state index in [0.717, 1.165) is 43.2 Å². The van der Waals surface area contributed by atoms with Crippen LogP contribution >= 0.6 is 15.9 Å². The van der Waals surface area contributed by atoms with Crippen LogP contribution in [0.2, 0.25) is 0 Å². The fourth-order valence-corrected chi connectivity index (χ4v) is 1.62. The van der Waals surface area contributed by atoms with E-state index in [-0.39, 0.29) is 0 Å². The molecule has 0 bridgehead atoms. The predicted octanol–water partition coefficient (Wildman–Crippen LogP) is 3.19. The summed E-state index contributed by atoms with van der Waals surface area (Å²) in [6.45, 7) is 7.73. The lowest BCUT2D eigenvalue weighted by Crippen LogP contribution is -2.16. The Morgan fingerprint density at radius 3 is 2.88 bits per heavy atom. The van der Waals surface area contributed by atoms with Crippen molar-refractivity contribution in [2.24, 2.45) is 5.92 Å². The van der Waals surface area contributed by atoms with Crippen molar-refractivity contribution in [3.8, 4) is 0 Å². The number of furan rings is 1. The first kappa shape index (κ1) is 13.7.